The Labute approximate surface area is 131 Å². The number of amides is 2. The number of halogens is 1. The summed E-state index contributed by atoms with van der Waals surface area (Å²) in [6, 6.07) is 4.93. The molecule has 0 heterocycles. The Balaban J connectivity index is 2.37. The Morgan fingerprint density at radius 2 is 2.10 bits per heavy atom. The van der Waals surface area contributed by atoms with E-state index in [1.165, 1.54) is 0 Å². The fourth-order valence-electron chi connectivity index (χ4n) is 1.60. The average Bonchev–Trinajstić information content (AvgIpc) is 2.46. The fraction of sp³-hybridized carbons (Fsp3) is 0.533. The molecule has 2 N–H and O–H groups in total. The van der Waals surface area contributed by atoms with E-state index in [0.717, 1.165) is 12.8 Å². The number of ether oxygens (including phenoxy) is 2. The van der Waals surface area contributed by atoms with Crippen molar-refractivity contribution < 1.29 is 14.3 Å². The molecule has 0 spiro atoms. The number of urea groups is 1. The maximum atomic E-state index is 11.7. The average molecular weight is 315 g/mol. The highest BCUT2D eigenvalue weighted by molar-refractivity contribution is 6.32. The Kier molecular flexibility index (Phi) is 8.62. The van der Waals surface area contributed by atoms with E-state index >= 15 is 0 Å². The number of nitrogens with one attached hydrogen (secondary N) is 2. The van der Waals surface area contributed by atoms with Crippen molar-refractivity contribution in [3.63, 3.8) is 0 Å². The lowest BCUT2D eigenvalue weighted by molar-refractivity contribution is 0.145. The summed E-state index contributed by atoms with van der Waals surface area (Å²) >= 11 is 6.10. The molecule has 0 atom stereocenters. The van der Waals surface area contributed by atoms with Crippen molar-refractivity contribution in [2.45, 2.75) is 26.7 Å². The summed E-state index contributed by atoms with van der Waals surface area (Å²) in [6.07, 6.45) is 1.70. The van der Waals surface area contributed by atoms with E-state index in [4.69, 9.17) is 21.1 Å². The topological polar surface area (TPSA) is 59.6 Å². The summed E-state index contributed by atoms with van der Waals surface area (Å²) < 4.78 is 10.7. The molecular weight excluding hydrogens is 292 g/mol. The van der Waals surface area contributed by atoms with Crippen molar-refractivity contribution in [3.8, 4) is 5.75 Å². The van der Waals surface area contributed by atoms with Gasteiger partial charge in [-0.25, -0.2) is 4.79 Å². The highest BCUT2D eigenvalue weighted by Gasteiger charge is 2.05. The standard InChI is InChI=1S/C15H23ClN2O3/c1-3-9-21-14-7-6-12(11-13(14)16)18-15(19)17-8-5-10-20-4-2/h6-7,11H,3-5,8-10H2,1-2H3,(H2,17,18,19). The molecule has 1 aromatic carbocycles. The van der Waals surface area contributed by atoms with E-state index in [1.54, 1.807) is 18.2 Å². The van der Waals surface area contributed by atoms with Crippen molar-refractivity contribution >= 4 is 23.3 Å². The zero-order valence-corrected chi connectivity index (χ0v) is 13.3. The van der Waals surface area contributed by atoms with Crippen LogP contribution in [0.3, 0.4) is 0 Å². The second-order valence-corrected chi connectivity index (χ2v) is 4.83. The van der Waals surface area contributed by atoms with Crippen molar-refractivity contribution in [1.29, 1.82) is 0 Å². The first-order valence-electron chi connectivity index (χ1n) is 7.22. The SMILES string of the molecule is CCCOc1ccc(NC(=O)NCCCOCC)cc1Cl. The van der Waals surface area contributed by atoms with Crippen LogP contribution in [0.5, 0.6) is 5.75 Å². The highest BCUT2D eigenvalue weighted by Crippen LogP contribution is 2.27. The minimum Gasteiger partial charge on any atom is -0.492 e. The Hall–Kier alpha value is -1.46. The van der Waals surface area contributed by atoms with E-state index in [0.29, 0.717) is 42.8 Å². The molecule has 21 heavy (non-hydrogen) atoms. The predicted molar refractivity (Wildman–Crippen MR) is 85.4 cm³/mol. The maximum Gasteiger partial charge on any atom is 0.319 e. The quantitative estimate of drug-likeness (QED) is 0.684. The van der Waals surface area contributed by atoms with Gasteiger partial charge in [-0.2, -0.15) is 0 Å². The molecule has 6 heteroatoms. The van der Waals surface area contributed by atoms with Crippen LogP contribution in [-0.2, 0) is 4.74 Å². The zero-order chi connectivity index (χ0) is 15.5. The summed E-state index contributed by atoms with van der Waals surface area (Å²) in [4.78, 5) is 11.7. The molecule has 0 saturated carbocycles. The van der Waals surface area contributed by atoms with Gasteiger partial charge in [0.2, 0.25) is 0 Å². The van der Waals surface area contributed by atoms with E-state index < -0.39 is 0 Å². The summed E-state index contributed by atoms with van der Waals surface area (Å²) in [5.41, 5.74) is 0.631. The number of carbonyl (C=O) groups is 1. The van der Waals surface area contributed by atoms with Crippen LogP contribution in [0, 0.1) is 0 Å². The summed E-state index contributed by atoms with van der Waals surface area (Å²) in [5.74, 6) is 0.626. The number of hydrogen-bond acceptors (Lipinski definition) is 3. The van der Waals surface area contributed by atoms with Crippen molar-refractivity contribution in [1.82, 2.24) is 5.32 Å². The first kappa shape index (κ1) is 17.6. The van der Waals surface area contributed by atoms with Gasteiger partial charge in [-0.15, -0.1) is 0 Å². The van der Waals surface area contributed by atoms with Gasteiger partial charge in [-0.3, -0.25) is 0 Å². The second-order valence-electron chi connectivity index (χ2n) is 4.43. The van der Waals surface area contributed by atoms with Crippen molar-refractivity contribution in [2.24, 2.45) is 0 Å². The third-order valence-electron chi connectivity index (χ3n) is 2.61. The normalized spacial score (nSPS) is 10.2. The highest BCUT2D eigenvalue weighted by atomic mass is 35.5. The third-order valence-corrected chi connectivity index (χ3v) is 2.90. The number of benzene rings is 1. The number of carbonyl (C=O) groups excluding carboxylic acids is 1. The van der Waals surface area contributed by atoms with Gasteiger partial charge >= 0.3 is 6.03 Å². The van der Waals surface area contributed by atoms with Gasteiger partial charge in [-0.1, -0.05) is 18.5 Å². The van der Waals surface area contributed by atoms with Crippen molar-refractivity contribution in [3.05, 3.63) is 23.2 Å². The molecule has 1 aromatic rings. The molecule has 0 aliphatic rings. The van der Waals surface area contributed by atoms with E-state index in [9.17, 15) is 4.79 Å². The number of rotatable bonds is 9. The molecule has 0 aliphatic carbocycles. The molecule has 0 aliphatic heterocycles. The molecule has 5 nitrogen and oxygen atoms in total. The minimum atomic E-state index is -0.259. The van der Waals surface area contributed by atoms with Gasteiger partial charge < -0.3 is 20.1 Å². The monoisotopic (exact) mass is 314 g/mol. The fourth-order valence-corrected chi connectivity index (χ4v) is 1.84. The van der Waals surface area contributed by atoms with Crippen LogP contribution in [0.1, 0.15) is 26.7 Å². The maximum absolute atomic E-state index is 11.7. The van der Waals surface area contributed by atoms with Gasteiger partial charge in [0.1, 0.15) is 5.75 Å². The molecule has 2 amide bonds. The van der Waals surface area contributed by atoms with Crippen molar-refractivity contribution in [2.75, 3.05) is 31.7 Å². The Bertz CT molecular complexity index is 441. The van der Waals surface area contributed by atoms with Gasteiger partial charge in [0.15, 0.2) is 0 Å². The summed E-state index contributed by atoms with van der Waals surface area (Å²) in [6.45, 7) is 6.49. The molecule has 1 rings (SSSR count). The lowest BCUT2D eigenvalue weighted by Gasteiger charge is -2.10. The van der Waals surface area contributed by atoms with Crippen LogP contribution >= 0.6 is 11.6 Å². The molecule has 0 saturated heterocycles. The predicted octanol–water partition coefficient (Wildman–Crippen LogP) is 3.68. The number of anilines is 1. The number of hydrogen-bond donors (Lipinski definition) is 2. The van der Waals surface area contributed by atoms with Gasteiger partial charge in [0.05, 0.1) is 11.6 Å². The summed E-state index contributed by atoms with van der Waals surface area (Å²) in [7, 11) is 0. The smallest absolute Gasteiger partial charge is 0.319 e. The van der Waals surface area contributed by atoms with Crippen LogP contribution < -0.4 is 15.4 Å². The molecule has 0 unspecified atom stereocenters. The van der Waals surface area contributed by atoms with Crippen LogP contribution in [0.25, 0.3) is 0 Å². The van der Waals surface area contributed by atoms with E-state index in [2.05, 4.69) is 10.6 Å². The second kappa shape index (κ2) is 10.3. The first-order valence-corrected chi connectivity index (χ1v) is 7.60. The zero-order valence-electron chi connectivity index (χ0n) is 12.6. The molecular formula is C15H23ClN2O3. The molecule has 118 valence electrons. The molecule has 0 radical (unpaired) electrons. The summed E-state index contributed by atoms with van der Waals surface area (Å²) in [5, 5.41) is 5.96. The molecule has 0 bridgehead atoms. The Morgan fingerprint density at radius 3 is 2.76 bits per heavy atom. The van der Waals surface area contributed by atoms with E-state index in [-0.39, 0.29) is 6.03 Å². The largest absolute Gasteiger partial charge is 0.492 e. The van der Waals surface area contributed by atoms with Crippen LogP contribution in [0.15, 0.2) is 18.2 Å². The lowest BCUT2D eigenvalue weighted by Crippen LogP contribution is -2.30. The molecule has 0 aromatic heterocycles. The molecule has 0 fully saturated rings. The van der Waals surface area contributed by atoms with Gasteiger partial charge in [0.25, 0.3) is 0 Å². The third kappa shape index (κ3) is 7.20. The van der Waals surface area contributed by atoms with Crippen LogP contribution in [0.4, 0.5) is 10.5 Å². The van der Waals surface area contributed by atoms with Crippen LogP contribution in [0.2, 0.25) is 5.02 Å². The van der Waals surface area contributed by atoms with E-state index in [1.807, 2.05) is 13.8 Å². The lowest BCUT2D eigenvalue weighted by atomic mass is 10.3. The van der Waals surface area contributed by atoms with Crippen LogP contribution in [-0.4, -0.2) is 32.4 Å². The first-order chi connectivity index (χ1) is 10.2. The van der Waals surface area contributed by atoms with Gasteiger partial charge in [-0.05, 0) is 38.0 Å². The Morgan fingerprint density at radius 1 is 1.29 bits per heavy atom. The van der Waals surface area contributed by atoms with Gasteiger partial charge in [0, 0.05) is 25.4 Å². The minimum absolute atomic E-state index is 0.259.